The lowest BCUT2D eigenvalue weighted by molar-refractivity contribution is 0.636. The molecule has 0 atom stereocenters. The Bertz CT molecular complexity index is 2110. The Labute approximate surface area is 239 Å². The van der Waals surface area contributed by atoms with E-state index in [0.29, 0.717) is 0 Å². The van der Waals surface area contributed by atoms with Crippen LogP contribution in [0.25, 0.3) is 66.7 Å². The highest BCUT2D eigenvalue weighted by atomic mass is 14.9. The number of hydrogen-bond acceptors (Lipinski definition) is 3. The van der Waals surface area contributed by atoms with Crippen LogP contribution in [0.15, 0.2) is 127 Å². The van der Waals surface area contributed by atoms with Gasteiger partial charge in [0, 0.05) is 33.2 Å². The lowest BCUT2D eigenvalue weighted by Crippen LogP contribution is -2.19. The maximum absolute atomic E-state index is 5.42. The van der Waals surface area contributed by atoms with Gasteiger partial charge in [-0.2, -0.15) is 0 Å². The largest absolute Gasteiger partial charge is 0.251 e. The molecule has 2 aromatic heterocycles. The zero-order chi connectivity index (χ0) is 27.6. The highest BCUT2D eigenvalue weighted by Crippen LogP contribution is 2.51. The van der Waals surface area contributed by atoms with E-state index in [0.717, 1.165) is 56.4 Å². The van der Waals surface area contributed by atoms with Crippen molar-refractivity contribution in [2.45, 2.75) is 19.3 Å². The molecule has 0 saturated carbocycles. The topological polar surface area (TPSA) is 38.7 Å². The minimum Gasteiger partial charge on any atom is -0.251 e. The summed E-state index contributed by atoms with van der Waals surface area (Å²) < 4.78 is 0. The number of rotatable bonds is 3. The predicted octanol–water partition coefficient (Wildman–Crippen LogP) is 9.49. The van der Waals surface area contributed by atoms with Crippen LogP contribution in [0.5, 0.6) is 0 Å². The average molecular weight is 526 g/mol. The maximum atomic E-state index is 5.42. The van der Waals surface area contributed by atoms with E-state index in [1.807, 2.05) is 24.3 Å². The summed E-state index contributed by atoms with van der Waals surface area (Å²) in [7, 11) is 0. The molecule has 194 valence electrons. The van der Waals surface area contributed by atoms with Crippen LogP contribution in [-0.2, 0) is 5.41 Å². The van der Waals surface area contributed by atoms with E-state index in [-0.39, 0.29) is 5.41 Å². The van der Waals surface area contributed by atoms with Crippen LogP contribution in [-0.4, -0.2) is 15.0 Å². The first-order valence-electron chi connectivity index (χ1n) is 14.1. The Morgan fingerprint density at radius 3 is 1.85 bits per heavy atom. The molecule has 0 spiro atoms. The zero-order valence-corrected chi connectivity index (χ0v) is 23.0. The quantitative estimate of drug-likeness (QED) is 0.216. The van der Waals surface area contributed by atoms with E-state index in [1.54, 1.807) is 0 Å². The third-order valence-electron chi connectivity index (χ3n) is 8.40. The van der Waals surface area contributed by atoms with Gasteiger partial charge in [0.25, 0.3) is 0 Å². The molecule has 3 nitrogen and oxygen atoms in total. The van der Waals surface area contributed by atoms with Gasteiger partial charge in [-0.1, -0.05) is 109 Å². The molecule has 0 bridgehead atoms. The molecular weight excluding hydrogens is 498 g/mol. The molecule has 0 saturated heterocycles. The van der Waals surface area contributed by atoms with Gasteiger partial charge in [-0.3, -0.25) is 4.98 Å². The van der Waals surface area contributed by atoms with E-state index in [9.17, 15) is 0 Å². The molecule has 1 aliphatic rings. The number of hydrogen-bond donors (Lipinski definition) is 0. The van der Waals surface area contributed by atoms with E-state index < -0.39 is 0 Å². The standard InChI is InChI=1S/C38H27N3/c1-38(2)33-34(24-13-5-3-6-14-24)40-37(25-15-7-4-8-16-25)41-35(33)30-21-22-32(39-36(30)38)31-23-26-17-9-10-18-27(26)28-19-11-12-20-29(28)31/h3-23H,1-2H3. The van der Waals surface area contributed by atoms with Crippen LogP contribution >= 0.6 is 0 Å². The zero-order valence-electron chi connectivity index (χ0n) is 23.0. The number of benzene rings is 5. The van der Waals surface area contributed by atoms with Gasteiger partial charge in [0.05, 0.1) is 22.8 Å². The molecule has 5 aromatic carbocycles. The van der Waals surface area contributed by atoms with Gasteiger partial charge in [-0.05, 0) is 53.6 Å². The summed E-state index contributed by atoms with van der Waals surface area (Å²) >= 11 is 0. The van der Waals surface area contributed by atoms with Crippen molar-refractivity contribution in [3.8, 4) is 45.2 Å². The van der Waals surface area contributed by atoms with Crippen LogP contribution in [0.4, 0.5) is 0 Å². The summed E-state index contributed by atoms with van der Waals surface area (Å²) in [4.78, 5) is 15.8. The van der Waals surface area contributed by atoms with Gasteiger partial charge < -0.3 is 0 Å². The van der Waals surface area contributed by atoms with Crippen LogP contribution in [0.1, 0.15) is 25.1 Å². The van der Waals surface area contributed by atoms with E-state index >= 15 is 0 Å². The van der Waals surface area contributed by atoms with E-state index in [1.165, 1.54) is 21.5 Å². The second-order valence-electron chi connectivity index (χ2n) is 11.3. The minimum atomic E-state index is -0.381. The smallest absolute Gasteiger partial charge is 0.160 e. The monoisotopic (exact) mass is 525 g/mol. The average Bonchev–Trinajstić information content (AvgIpc) is 3.27. The van der Waals surface area contributed by atoms with Crippen molar-refractivity contribution in [3.05, 3.63) is 139 Å². The molecule has 1 aliphatic carbocycles. The summed E-state index contributed by atoms with van der Waals surface area (Å²) in [5, 5.41) is 4.94. The van der Waals surface area contributed by atoms with Crippen LogP contribution in [0.2, 0.25) is 0 Å². The third-order valence-corrected chi connectivity index (χ3v) is 8.40. The Morgan fingerprint density at radius 2 is 1.10 bits per heavy atom. The molecule has 2 heterocycles. The number of nitrogens with zero attached hydrogens (tertiary/aromatic N) is 3. The fourth-order valence-electron chi connectivity index (χ4n) is 6.43. The van der Waals surface area contributed by atoms with E-state index in [2.05, 4.69) is 117 Å². The Kier molecular flexibility index (Phi) is 5.17. The molecule has 8 rings (SSSR count). The first kappa shape index (κ1) is 23.7. The Hall–Kier alpha value is -5.15. The normalized spacial score (nSPS) is 13.3. The predicted molar refractivity (Wildman–Crippen MR) is 169 cm³/mol. The second-order valence-corrected chi connectivity index (χ2v) is 11.3. The maximum Gasteiger partial charge on any atom is 0.160 e. The first-order chi connectivity index (χ1) is 20.1. The molecule has 0 radical (unpaired) electrons. The van der Waals surface area contributed by atoms with Crippen molar-refractivity contribution in [3.63, 3.8) is 0 Å². The Morgan fingerprint density at radius 1 is 0.488 bits per heavy atom. The van der Waals surface area contributed by atoms with E-state index in [4.69, 9.17) is 15.0 Å². The molecular formula is C38H27N3. The highest BCUT2D eigenvalue weighted by Gasteiger charge is 2.41. The molecule has 0 N–H and O–H groups in total. The molecule has 41 heavy (non-hydrogen) atoms. The van der Waals surface area contributed by atoms with Crippen molar-refractivity contribution >= 4 is 21.5 Å². The van der Waals surface area contributed by atoms with Crippen LogP contribution < -0.4 is 0 Å². The molecule has 0 amide bonds. The molecule has 7 aromatic rings. The fourth-order valence-corrected chi connectivity index (χ4v) is 6.43. The minimum absolute atomic E-state index is 0.381. The fraction of sp³-hybridized carbons (Fsp3) is 0.0789. The SMILES string of the molecule is CC1(C)c2nc(-c3cc4ccccc4c4ccccc34)ccc2-c2nc(-c3ccccc3)nc(-c3ccccc3)c21. The van der Waals surface area contributed by atoms with Crippen molar-refractivity contribution < 1.29 is 0 Å². The second kappa shape index (κ2) is 8.94. The Balaban J connectivity index is 1.38. The summed E-state index contributed by atoms with van der Waals surface area (Å²) in [5.41, 5.74) is 9.03. The van der Waals surface area contributed by atoms with Crippen molar-refractivity contribution in [2.75, 3.05) is 0 Å². The van der Waals surface area contributed by atoms with Gasteiger partial charge in [0.2, 0.25) is 0 Å². The van der Waals surface area contributed by atoms with Crippen molar-refractivity contribution in [1.82, 2.24) is 15.0 Å². The first-order valence-corrected chi connectivity index (χ1v) is 14.1. The number of pyridine rings is 1. The van der Waals surface area contributed by atoms with Crippen LogP contribution in [0, 0.1) is 0 Å². The third kappa shape index (κ3) is 3.63. The van der Waals surface area contributed by atoms with Gasteiger partial charge in [-0.15, -0.1) is 0 Å². The lowest BCUT2D eigenvalue weighted by Gasteiger charge is -2.23. The van der Waals surface area contributed by atoms with Crippen LogP contribution in [0.3, 0.4) is 0 Å². The summed E-state index contributed by atoms with van der Waals surface area (Å²) in [5.74, 6) is 0.733. The van der Waals surface area contributed by atoms with Crippen molar-refractivity contribution in [1.29, 1.82) is 0 Å². The lowest BCUT2D eigenvalue weighted by atomic mass is 9.83. The summed E-state index contributed by atoms with van der Waals surface area (Å²) in [6.45, 7) is 4.51. The highest BCUT2D eigenvalue weighted by molar-refractivity contribution is 6.13. The van der Waals surface area contributed by atoms with Gasteiger partial charge in [0.15, 0.2) is 5.82 Å². The van der Waals surface area contributed by atoms with Gasteiger partial charge in [0.1, 0.15) is 0 Å². The molecule has 3 heteroatoms. The summed E-state index contributed by atoms with van der Waals surface area (Å²) in [6.07, 6.45) is 0. The van der Waals surface area contributed by atoms with Crippen molar-refractivity contribution in [2.24, 2.45) is 0 Å². The van der Waals surface area contributed by atoms with Gasteiger partial charge in [-0.25, -0.2) is 9.97 Å². The molecule has 0 unspecified atom stereocenters. The van der Waals surface area contributed by atoms with Gasteiger partial charge >= 0.3 is 0 Å². The summed E-state index contributed by atoms with van der Waals surface area (Å²) in [6, 6.07) is 44.6. The number of aromatic nitrogens is 3. The number of fused-ring (bicyclic) bond motifs is 6. The molecule has 0 aliphatic heterocycles. The molecule has 0 fully saturated rings.